The number of rotatable bonds is 61. The fourth-order valence-electron chi connectivity index (χ4n) is 9.50. The van der Waals surface area contributed by atoms with Gasteiger partial charge in [0.1, 0.15) is 13.2 Å². The fraction of sp³-hybridized carbons (Fsp3) is 0.716. The Morgan fingerprint density at radius 1 is 0.263 bits per heavy atom. The number of carbonyl (C=O) groups is 3. The molecule has 0 fully saturated rings. The molecule has 0 spiro atoms. The van der Waals surface area contributed by atoms with Crippen LogP contribution in [0.5, 0.6) is 0 Å². The van der Waals surface area contributed by atoms with E-state index in [1.807, 2.05) is 0 Å². The Morgan fingerprint density at radius 3 is 0.762 bits per heavy atom. The van der Waals surface area contributed by atoms with E-state index < -0.39 is 6.10 Å². The SMILES string of the molecule is CC/C=C\C/C=C\C/C=C\C/C=C\C/C=C\C/C=C\C/C=C\C/C=C\C/C=C\CCCCCCCCCC(=O)OCC(COC(=O)CCCCCCCCCCC)OC(=O)CCCCCCCCCCCCCCCCCCCC. The van der Waals surface area contributed by atoms with Gasteiger partial charge in [-0.3, -0.25) is 14.4 Å². The molecule has 6 nitrogen and oxygen atoms in total. The van der Waals surface area contributed by atoms with Crippen LogP contribution in [0.1, 0.15) is 323 Å². The molecule has 0 bridgehead atoms. The Kier molecular flexibility index (Phi) is 64.3. The summed E-state index contributed by atoms with van der Waals surface area (Å²) in [5, 5.41) is 0. The Morgan fingerprint density at radius 2 is 0.487 bits per heavy atom. The van der Waals surface area contributed by atoms with Gasteiger partial charge in [0.15, 0.2) is 6.10 Å². The molecular formula is C74H126O6. The van der Waals surface area contributed by atoms with Crippen LogP contribution in [0.25, 0.3) is 0 Å². The monoisotopic (exact) mass is 1110 g/mol. The van der Waals surface area contributed by atoms with Gasteiger partial charge in [-0.2, -0.15) is 0 Å². The van der Waals surface area contributed by atoms with Gasteiger partial charge >= 0.3 is 17.9 Å². The quantitative estimate of drug-likeness (QED) is 0.0261. The van der Waals surface area contributed by atoms with Gasteiger partial charge in [-0.1, -0.05) is 323 Å². The maximum atomic E-state index is 12.9. The Balaban J connectivity index is 4.18. The zero-order chi connectivity index (χ0) is 57.8. The summed E-state index contributed by atoms with van der Waals surface area (Å²) in [6, 6.07) is 0. The highest BCUT2D eigenvalue weighted by Crippen LogP contribution is 2.17. The highest BCUT2D eigenvalue weighted by Gasteiger charge is 2.19. The van der Waals surface area contributed by atoms with Gasteiger partial charge < -0.3 is 14.2 Å². The fourth-order valence-corrected chi connectivity index (χ4v) is 9.50. The lowest BCUT2D eigenvalue weighted by Gasteiger charge is -2.18. The number of carbonyl (C=O) groups excluding carboxylic acids is 3. The smallest absolute Gasteiger partial charge is 0.306 e. The zero-order valence-electron chi connectivity index (χ0n) is 52.6. The number of esters is 3. The van der Waals surface area contributed by atoms with Crippen molar-refractivity contribution in [1.29, 1.82) is 0 Å². The molecule has 0 N–H and O–H groups in total. The van der Waals surface area contributed by atoms with E-state index >= 15 is 0 Å². The summed E-state index contributed by atoms with van der Waals surface area (Å²) < 4.78 is 16.9. The predicted molar refractivity (Wildman–Crippen MR) is 348 cm³/mol. The number of unbranched alkanes of at least 4 members (excludes halogenated alkanes) is 32. The van der Waals surface area contributed by atoms with Gasteiger partial charge in [0.2, 0.25) is 0 Å². The van der Waals surface area contributed by atoms with Crippen LogP contribution >= 0.6 is 0 Å². The predicted octanol–water partition coefficient (Wildman–Crippen LogP) is 23.4. The summed E-state index contributed by atoms with van der Waals surface area (Å²) in [5.74, 6) is -0.879. The topological polar surface area (TPSA) is 78.9 Å². The lowest BCUT2D eigenvalue weighted by atomic mass is 10.0. The molecule has 0 aromatic rings. The maximum Gasteiger partial charge on any atom is 0.306 e. The summed E-state index contributed by atoms with van der Waals surface area (Å²) >= 11 is 0. The van der Waals surface area contributed by atoms with Crippen molar-refractivity contribution in [3.8, 4) is 0 Å². The summed E-state index contributed by atoms with van der Waals surface area (Å²) in [7, 11) is 0. The van der Waals surface area contributed by atoms with Gasteiger partial charge in [-0.05, 0) is 89.9 Å². The van der Waals surface area contributed by atoms with Crippen LogP contribution in [-0.4, -0.2) is 37.2 Å². The molecule has 0 amide bonds. The van der Waals surface area contributed by atoms with Crippen LogP contribution in [0, 0.1) is 0 Å². The number of hydrogen-bond donors (Lipinski definition) is 0. The third-order valence-electron chi connectivity index (χ3n) is 14.5. The van der Waals surface area contributed by atoms with Gasteiger partial charge in [-0.25, -0.2) is 0 Å². The molecule has 0 saturated heterocycles. The third-order valence-corrected chi connectivity index (χ3v) is 14.5. The van der Waals surface area contributed by atoms with Gasteiger partial charge in [-0.15, -0.1) is 0 Å². The average molecular weight is 1110 g/mol. The molecule has 1 unspecified atom stereocenters. The number of ether oxygens (including phenoxy) is 3. The Hall–Kier alpha value is -3.93. The van der Waals surface area contributed by atoms with Gasteiger partial charge in [0.05, 0.1) is 0 Å². The first-order valence-corrected chi connectivity index (χ1v) is 33.9. The second-order valence-electron chi connectivity index (χ2n) is 22.4. The molecule has 458 valence electrons. The van der Waals surface area contributed by atoms with Crippen molar-refractivity contribution >= 4 is 17.9 Å². The molecule has 6 heteroatoms. The van der Waals surface area contributed by atoms with E-state index in [2.05, 4.69) is 130 Å². The van der Waals surface area contributed by atoms with Crippen molar-refractivity contribution in [2.75, 3.05) is 13.2 Å². The Labute approximate surface area is 495 Å². The van der Waals surface area contributed by atoms with Crippen LogP contribution in [0.2, 0.25) is 0 Å². The van der Waals surface area contributed by atoms with E-state index in [1.165, 1.54) is 161 Å². The molecule has 1 atom stereocenters. The zero-order valence-corrected chi connectivity index (χ0v) is 52.6. The Bertz CT molecular complexity index is 1610. The van der Waals surface area contributed by atoms with E-state index in [1.54, 1.807) is 0 Å². The van der Waals surface area contributed by atoms with Crippen LogP contribution in [0.15, 0.2) is 109 Å². The lowest BCUT2D eigenvalue weighted by Crippen LogP contribution is -2.30. The highest BCUT2D eigenvalue weighted by atomic mass is 16.6. The second-order valence-corrected chi connectivity index (χ2v) is 22.4. The summed E-state index contributed by atoms with van der Waals surface area (Å²) in [6.45, 7) is 6.53. The lowest BCUT2D eigenvalue weighted by molar-refractivity contribution is -0.167. The minimum Gasteiger partial charge on any atom is -0.462 e. The van der Waals surface area contributed by atoms with E-state index in [0.717, 1.165) is 122 Å². The molecule has 0 radical (unpaired) electrons. The molecule has 0 aliphatic rings. The van der Waals surface area contributed by atoms with E-state index in [4.69, 9.17) is 14.2 Å². The summed E-state index contributed by atoms with van der Waals surface area (Å²) in [6.07, 6.45) is 92.6. The standard InChI is InChI=1S/C74H126O6/c1-4-7-10-13-16-19-21-23-25-27-29-30-31-32-33-34-35-36-37-38-39-40-41-42-43-44-45-47-48-50-52-55-58-61-64-67-73(76)79-70-71(69-78-72(75)66-63-60-57-54-18-15-12-9-6-3)80-74(77)68-65-62-59-56-53-51-49-46-28-26-24-22-20-17-14-11-8-5-2/h7,10,16,19,23,25,29-30,32-33,35-36,38-39,41-42,44-45,71H,4-6,8-9,11-15,17-18,20-22,24,26-28,31,34,37,40,43,46-70H2,1-3H3/b10-7-,19-16-,25-23-,30-29-,33-32-,36-35-,39-38-,42-41-,45-44-. The van der Waals surface area contributed by atoms with E-state index in [9.17, 15) is 14.4 Å². The van der Waals surface area contributed by atoms with Crippen molar-refractivity contribution in [1.82, 2.24) is 0 Å². The van der Waals surface area contributed by atoms with Crippen molar-refractivity contribution in [2.24, 2.45) is 0 Å². The van der Waals surface area contributed by atoms with Crippen LogP contribution in [-0.2, 0) is 28.6 Å². The maximum absolute atomic E-state index is 12.9. The minimum atomic E-state index is -0.779. The largest absolute Gasteiger partial charge is 0.462 e. The summed E-state index contributed by atoms with van der Waals surface area (Å²) in [4.78, 5) is 38.2. The second kappa shape index (κ2) is 67.6. The van der Waals surface area contributed by atoms with Crippen molar-refractivity contribution in [2.45, 2.75) is 329 Å². The molecular weight excluding hydrogens is 985 g/mol. The number of allylic oxidation sites excluding steroid dienone is 18. The van der Waals surface area contributed by atoms with Crippen molar-refractivity contribution in [3.63, 3.8) is 0 Å². The minimum absolute atomic E-state index is 0.0770. The molecule has 0 aromatic heterocycles. The van der Waals surface area contributed by atoms with Gasteiger partial charge in [0.25, 0.3) is 0 Å². The van der Waals surface area contributed by atoms with Crippen molar-refractivity contribution < 1.29 is 28.6 Å². The first kappa shape index (κ1) is 76.1. The third kappa shape index (κ3) is 64.9. The first-order chi connectivity index (χ1) is 39.5. The molecule has 0 rings (SSSR count). The molecule has 0 aromatic carbocycles. The van der Waals surface area contributed by atoms with Crippen LogP contribution in [0.3, 0.4) is 0 Å². The normalized spacial score (nSPS) is 12.8. The summed E-state index contributed by atoms with van der Waals surface area (Å²) in [5.41, 5.74) is 0. The molecule has 0 heterocycles. The number of hydrogen-bond acceptors (Lipinski definition) is 6. The van der Waals surface area contributed by atoms with Crippen LogP contribution in [0.4, 0.5) is 0 Å². The van der Waals surface area contributed by atoms with Crippen molar-refractivity contribution in [3.05, 3.63) is 109 Å². The average Bonchev–Trinajstić information content (AvgIpc) is 3.46. The van der Waals surface area contributed by atoms with Crippen LogP contribution < -0.4 is 0 Å². The first-order valence-electron chi connectivity index (χ1n) is 33.9. The molecule has 0 aliphatic carbocycles. The van der Waals surface area contributed by atoms with E-state index in [-0.39, 0.29) is 31.1 Å². The van der Waals surface area contributed by atoms with Gasteiger partial charge in [0, 0.05) is 19.3 Å². The molecule has 0 saturated carbocycles. The molecule has 80 heavy (non-hydrogen) atoms. The highest BCUT2D eigenvalue weighted by molar-refractivity contribution is 5.71. The van der Waals surface area contributed by atoms with E-state index in [0.29, 0.717) is 19.3 Å². The molecule has 0 aliphatic heterocycles.